The highest BCUT2D eigenvalue weighted by atomic mass is 32.1. The molecule has 10 aromatic heterocycles. The van der Waals surface area contributed by atoms with Gasteiger partial charge < -0.3 is 18.0 Å². The van der Waals surface area contributed by atoms with Gasteiger partial charge in [0, 0.05) is 119 Å². The van der Waals surface area contributed by atoms with E-state index in [1.54, 1.807) is 22.7 Å². The van der Waals surface area contributed by atoms with Gasteiger partial charge in [-0.15, -0.1) is 22.7 Å². The van der Waals surface area contributed by atoms with Gasteiger partial charge in [-0.3, -0.25) is 0 Å². The lowest BCUT2D eigenvalue weighted by Crippen LogP contribution is -2.01. The number of aromatic nitrogens is 12. The first-order chi connectivity index (χ1) is 62.4. The van der Waals surface area contributed by atoms with Gasteiger partial charge in [-0.25, -0.2) is 49.8 Å². The standard InChI is InChI=1S/C110H62N12O2S2/c1-5-25-63(26-6-1)95-102-98(113-107(111-95)70-54-59-76-77-38-21-41-83(99(77)124-90(76)61-70)109-117-103(65-29-9-3-10-30-65)115-105(119-109)67-49-55-71(56-50-67)121-85-43-17-13-33-74(85)75-34-14-18-44-86(75)121)80-60-53-69(62-92(80)126-102)73-37-23-46-88-93(73)78-35-15-19-45-87(78)122(88)72-57-51-68(52-58-72)106-116-104(66-31-11-4-12-32-66)118-110(120-106)84-42-22-39-81-94-82(40-24-47-89(94)123-100(81)84)108-112-96(64-27-7-2-8-28-64)101-97(114-108)79-36-16-20-48-91(79)125-101/h1-62H. The highest BCUT2D eigenvalue weighted by molar-refractivity contribution is 7.26. The zero-order chi connectivity index (χ0) is 82.6. The molecular weight excluding hydrogens is 1590 g/mol. The molecule has 16 aromatic carbocycles. The van der Waals surface area contributed by atoms with Crippen LogP contribution < -0.4 is 0 Å². The van der Waals surface area contributed by atoms with E-state index in [9.17, 15) is 0 Å². The Kier molecular flexibility index (Phi) is 16.1. The van der Waals surface area contributed by atoms with Crippen LogP contribution >= 0.6 is 22.7 Å². The molecular formula is C110H62N12O2S2. The number of thiophene rings is 2. The lowest BCUT2D eigenvalue weighted by atomic mass is 9.98. The largest absolute Gasteiger partial charge is 0.455 e. The SMILES string of the molecule is c1ccc(-c2nc(-c3ccc(-n4c5ccccc5c5ccccc54)cc3)nc(-c3cccc4c3oc3cc(-c5nc(-c6ccccc6)c6sc7cc(-c8cccc9c8c8ccccc8n9-c8ccc(-c9nc(-c%10ccccc%10)nc(-c%10cccc%11c%10oc%10cccc(-c%12nc(-c%13ccccc%13)c%13sc%14ccccc%14c%13n%12)c%10%11)n9)cc8)ccc7c6n5)ccc34)n2)cc1. The first-order valence-corrected chi connectivity index (χ1v) is 43.4. The molecule has 0 atom stereocenters. The Bertz CT molecular complexity index is 8920. The molecule has 0 fully saturated rings. The van der Waals surface area contributed by atoms with Gasteiger partial charge in [-0.1, -0.05) is 261 Å². The minimum absolute atomic E-state index is 0.483. The molecule has 0 radical (unpaired) electrons. The summed E-state index contributed by atoms with van der Waals surface area (Å²) in [6.45, 7) is 0. The maximum absolute atomic E-state index is 7.05. The number of hydrogen-bond acceptors (Lipinski definition) is 14. The van der Waals surface area contributed by atoms with Gasteiger partial charge in [0.2, 0.25) is 0 Å². The number of hydrogen-bond donors (Lipinski definition) is 0. The van der Waals surface area contributed by atoms with Crippen molar-refractivity contribution in [2.45, 2.75) is 0 Å². The molecule has 0 aliphatic heterocycles. The minimum Gasteiger partial charge on any atom is -0.455 e. The van der Waals surface area contributed by atoms with Crippen molar-refractivity contribution in [3.8, 4) is 136 Å². The molecule has 0 saturated carbocycles. The van der Waals surface area contributed by atoms with Crippen LogP contribution in [0.25, 0.3) is 264 Å². The van der Waals surface area contributed by atoms with E-state index in [4.69, 9.17) is 58.7 Å². The Morgan fingerprint density at radius 2 is 0.587 bits per heavy atom. The maximum atomic E-state index is 7.05. The molecule has 0 amide bonds. The molecule has 16 heteroatoms. The van der Waals surface area contributed by atoms with Crippen LogP contribution in [-0.4, -0.2) is 59.0 Å². The van der Waals surface area contributed by atoms with E-state index in [0.29, 0.717) is 68.9 Å². The fourth-order valence-corrected chi connectivity index (χ4v) is 20.8. The van der Waals surface area contributed by atoms with Crippen LogP contribution in [0.5, 0.6) is 0 Å². The first kappa shape index (κ1) is 71.1. The molecule has 10 heterocycles. The third-order valence-corrected chi connectivity index (χ3v) is 26.6. The Hall–Kier alpha value is -16.7. The number of nitrogens with zero attached hydrogens (tertiary/aromatic N) is 12. The van der Waals surface area contributed by atoms with Gasteiger partial charge >= 0.3 is 0 Å². The van der Waals surface area contributed by atoms with E-state index in [1.165, 1.54) is 10.8 Å². The van der Waals surface area contributed by atoms with Crippen LogP contribution in [0.15, 0.2) is 385 Å². The second-order valence-electron chi connectivity index (χ2n) is 31.6. The van der Waals surface area contributed by atoms with Gasteiger partial charge in [0.15, 0.2) is 46.6 Å². The van der Waals surface area contributed by atoms with Gasteiger partial charge in [0.1, 0.15) is 22.3 Å². The smallest absolute Gasteiger partial charge is 0.167 e. The fourth-order valence-electron chi connectivity index (χ4n) is 18.5. The Morgan fingerprint density at radius 3 is 1.19 bits per heavy atom. The Balaban J connectivity index is 0.543. The van der Waals surface area contributed by atoms with Gasteiger partial charge in [-0.2, -0.15) is 0 Å². The highest BCUT2D eigenvalue weighted by Crippen LogP contribution is 2.49. The summed E-state index contributed by atoms with van der Waals surface area (Å²) in [4.78, 5) is 53.2. The van der Waals surface area contributed by atoms with Crippen LogP contribution in [0.3, 0.4) is 0 Å². The van der Waals surface area contributed by atoms with Crippen molar-refractivity contribution in [3.05, 3.63) is 376 Å². The number of furan rings is 2. The lowest BCUT2D eigenvalue weighted by molar-refractivity contribution is 0.669. The topological polar surface area (TPSA) is 165 Å². The predicted molar refractivity (Wildman–Crippen MR) is 513 cm³/mol. The summed E-state index contributed by atoms with van der Waals surface area (Å²) in [6.07, 6.45) is 0. The van der Waals surface area contributed by atoms with Gasteiger partial charge in [0.05, 0.1) is 65.0 Å². The fraction of sp³-hybridized carbons (Fsp3) is 0. The normalized spacial score (nSPS) is 12.0. The van der Waals surface area contributed by atoms with Crippen LogP contribution in [0.2, 0.25) is 0 Å². The molecule has 0 saturated heterocycles. The van der Waals surface area contributed by atoms with E-state index in [-0.39, 0.29) is 0 Å². The molecule has 0 aliphatic rings. The van der Waals surface area contributed by atoms with Crippen LogP contribution in [0, 0.1) is 0 Å². The molecule has 0 N–H and O–H groups in total. The summed E-state index contributed by atoms with van der Waals surface area (Å²) < 4.78 is 23.0. The highest BCUT2D eigenvalue weighted by Gasteiger charge is 2.28. The second kappa shape index (κ2) is 28.5. The molecule has 586 valence electrons. The second-order valence-corrected chi connectivity index (χ2v) is 33.7. The summed E-state index contributed by atoms with van der Waals surface area (Å²) >= 11 is 3.45. The summed E-state index contributed by atoms with van der Waals surface area (Å²) in [6, 6.07) is 131. The van der Waals surface area contributed by atoms with Crippen LogP contribution in [0.1, 0.15) is 0 Å². The van der Waals surface area contributed by atoms with Gasteiger partial charge in [-0.05, 0) is 126 Å². The van der Waals surface area contributed by atoms with Crippen molar-refractivity contribution in [1.82, 2.24) is 59.0 Å². The van der Waals surface area contributed by atoms with Crippen molar-refractivity contribution < 1.29 is 8.83 Å². The van der Waals surface area contributed by atoms with Crippen molar-refractivity contribution in [2.75, 3.05) is 0 Å². The van der Waals surface area contributed by atoms with Crippen LogP contribution in [0.4, 0.5) is 0 Å². The molecule has 26 rings (SSSR count). The third-order valence-electron chi connectivity index (χ3n) is 24.3. The average molecular weight is 1650 g/mol. The van der Waals surface area contributed by atoms with E-state index < -0.39 is 0 Å². The van der Waals surface area contributed by atoms with Crippen molar-refractivity contribution >= 4 is 151 Å². The third kappa shape index (κ3) is 11.5. The quantitative estimate of drug-likeness (QED) is 0.107. The molecule has 14 nitrogen and oxygen atoms in total. The minimum atomic E-state index is 0.483. The van der Waals surface area contributed by atoms with E-state index in [0.717, 1.165) is 185 Å². The molecule has 0 unspecified atom stereocenters. The Morgan fingerprint density at radius 1 is 0.206 bits per heavy atom. The number of fused-ring (bicyclic) bond motifs is 18. The molecule has 0 bridgehead atoms. The average Bonchev–Trinajstić information content (AvgIpc) is 1.57. The summed E-state index contributed by atoms with van der Waals surface area (Å²) in [5, 5.41) is 10.5. The van der Waals surface area contributed by atoms with Crippen LogP contribution in [-0.2, 0) is 0 Å². The van der Waals surface area contributed by atoms with Crippen molar-refractivity contribution in [1.29, 1.82) is 0 Å². The Labute approximate surface area is 725 Å². The van der Waals surface area contributed by atoms with Gasteiger partial charge in [0.25, 0.3) is 0 Å². The first-order valence-electron chi connectivity index (χ1n) is 41.7. The van der Waals surface area contributed by atoms with E-state index in [2.05, 4.69) is 276 Å². The van der Waals surface area contributed by atoms with E-state index in [1.807, 2.05) is 109 Å². The molecule has 26 aromatic rings. The molecule has 126 heavy (non-hydrogen) atoms. The number of rotatable bonds is 13. The summed E-state index contributed by atoms with van der Waals surface area (Å²) in [7, 11) is 0. The van der Waals surface area contributed by atoms with E-state index >= 15 is 0 Å². The summed E-state index contributed by atoms with van der Waals surface area (Å²) in [5.74, 6) is 4.37. The predicted octanol–water partition coefficient (Wildman–Crippen LogP) is 28.7. The molecule has 0 aliphatic carbocycles. The zero-order valence-corrected chi connectivity index (χ0v) is 68.4. The molecule has 0 spiro atoms. The number of para-hydroxylation sites is 5. The summed E-state index contributed by atoms with van der Waals surface area (Å²) in [5.41, 5.74) is 23.6. The lowest BCUT2D eigenvalue weighted by Gasteiger charge is -2.11. The van der Waals surface area contributed by atoms with Crippen molar-refractivity contribution in [2.24, 2.45) is 0 Å². The zero-order valence-electron chi connectivity index (χ0n) is 66.8. The van der Waals surface area contributed by atoms with Crippen molar-refractivity contribution in [3.63, 3.8) is 0 Å². The monoisotopic (exact) mass is 1650 g/mol. The maximum Gasteiger partial charge on any atom is 0.167 e. The number of benzene rings is 16.